The third-order valence-corrected chi connectivity index (χ3v) is 9.24. The molecule has 240 valence electrons. The lowest BCUT2D eigenvalue weighted by Crippen LogP contribution is -2.40. The number of benzene rings is 3. The van der Waals surface area contributed by atoms with Gasteiger partial charge in [0, 0.05) is 15.6 Å². The van der Waals surface area contributed by atoms with Gasteiger partial charge >= 0.3 is 5.97 Å². The number of esters is 1. The summed E-state index contributed by atoms with van der Waals surface area (Å²) >= 11 is 17.1. The Hall–Kier alpha value is -3.57. The molecular weight excluding hydrogens is 715 g/mol. The summed E-state index contributed by atoms with van der Waals surface area (Å²) in [6, 6.07) is 15.4. The number of allylic oxidation sites excluding steroid dienone is 1. The monoisotopic (exact) mass is 744 g/mol. The van der Waals surface area contributed by atoms with Crippen molar-refractivity contribution in [2.24, 2.45) is 4.99 Å². The van der Waals surface area contributed by atoms with Gasteiger partial charge in [-0.05, 0) is 97.2 Å². The summed E-state index contributed by atoms with van der Waals surface area (Å²) in [4.78, 5) is 32.5. The van der Waals surface area contributed by atoms with Crippen molar-refractivity contribution in [1.29, 1.82) is 0 Å². The predicted octanol–water partition coefficient (Wildman–Crippen LogP) is 7.24. The quantitative estimate of drug-likeness (QED) is 0.151. The number of fused-ring (bicyclic) bond motifs is 1. The highest BCUT2D eigenvalue weighted by Gasteiger charge is 2.34. The largest absolute Gasteiger partial charge is 0.490 e. The zero-order valence-electron chi connectivity index (χ0n) is 25.6. The molecule has 0 saturated heterocycles. The summed E-state index contributed by atoms with van der Waals surface area (Å²) in [6.45, 7) is 8.58. The molecule has 0 radical (unpaired) electrons. The molecule has 0 amide bonds. The molecule has 1 aliphatic heterocycles. The third kappa shape index (κ3) is 7.20. The van der Waals surface area contributed by atoms with E-state index >= 15 is 0 Å². The van der Waals surface area contributed by atoms with Crippen LogP contribution in [0.15, 0.2) is 80.1 Å². The highest BCUT2D eigenvalue weighted by Crippen LogP contribution is 2.36. The lowest BCUT2D eigenvalue weighted by Gasteiger charge is -2.25. The summed E-state index contributed by atoms with van der Waals surface area (Å²) in [6.07, 6.45) is 1.79. The van der Waals surface area contributed by atoms with Gasteiger partial charge in [0.05, 0.1) is 46.1 Å². The zero-order chi connectivity index (χ0) is 33.0. The number of carbonyl (C=O) groups is 1. The molecule has 8 nitrogen and oxygen atoms in total. The molecule has 46 heavy (non-hydrogen) atoms. The number of thiazole rings is 1. The van der Waals surface area contributed by atoms with Crippen molar-refractivity contribution in [3.8, 4) is 17.2 Å². The van der Waals surface area contributed by atoms with Crippen molar-refractivity contribution in [3.63, 3.8) is 0 Å². The van der Waals surface area contributed by atoms with Crippen molar-refractivity contribution < 1.29 is 23.7 Å². The van der Waals surface area contributed by atoms with Crippen LogP contribution in [-0.4, -0.2) is 30.4 Å². The second kappa shape index (κ2) is 14.9. The van der Waals surface area contributed by atoms with Crippen molar-refractivity contribution in [3.05, 3.63) is 117 Å². The van der Waals surface area contributed by atoms with Gasteiger partial charge < -0.3 is 18.9 Å². The fourth-order valence-electron chi connectivity index (χ4n) is 5.01. The molecule has 0 saturated carbocycles. The summed E-state index contributed by atoms with van der Waals surface area (Å²) in [7, 11) is 0. The van der Waals surface area contributed by atoms with Gasteiger partial charge in [-0.15, -0.1) is 0 Å². The molecule has 3 aromatic carbocycles. The number of halogens is 3. The lowest BCUT2D eigenvalue weighted by atomic mass is 9.95. The molecule has 2 heterocycles. The molecule has 0 aliphatic carbocycles. The first kappa shape index (κ1) is 33.8. The van der Waals surface area contributed by atoms with Crippen LogP contribution in [0, 0.1) is 0 Å². The van der Waals surface area contributed by atoms with Crippen LogP contribution < -0.4 is 29.1 Å². The normalized spacial score (nSPS) is 14.5. The van der Waals surface area contributed by atoms with Gasteiger partial charge in [0.25, 0.3) is 5.56 Å². The van der Waals surface area contributed by atoms with Crippen LogP contribution in [0.5, 0.6) is 17.2 Å². The van der Waals surface area contributed by atoms with E-state index in [1.54, 1.807) is 48.8 Å². The fraction of sp³-hybridized carbons (Fsp3) is 0.265. The Morgan fingerprint density at radius 2 is 1.70 bits per heavy atom. The van der Waals surface area contributed by atoms with Crippen LogP contribution in [0.1, 0.15) is 50.4 Å². The summed E-state index contributed by atoms with van der Waals surface area (Å²) in [5, 5.41) is 1.08. The van der Waals surface area contributed by atoms with E-state index in [2.05, 4.69) is 20.9 Å². The van der Waals surface area contributed by atoms with Gasteiger partial charge in [0.15, 0.2) is 16.3 Å². The minimum absolute atomic E-state index is 0.182. The molecule has 12 heteroatoms. The van der Waals surface area contributed by atoms with Crippen molar-refractivity contribution in [2.45, 2.75) is 40.3 Å². The van der Waals surface area contributed by atoms with Crippen LogP contribution >= 0.6 is 50.5 Å². The third-order valence-electron chi connectivity index (χ3n) is 7.05. The summed E-state index contributed by atoms with van der Waals surface area (Å²) in [5.41, 5.74) is 2.72. The number of ether oxygens (including phenoxy) is 4. The number of carbonyl (C=O) groups excluding carboxylic acids is 1. The molecular formula is C34H31BrCl2N2O6S. The molecule has 1 aromatic heterocycles. The predicted molar refractivity (Wildman–Crippen MR) is 184 cm³/mol. The Bertz CT molecular complexity index is 2010. The van der Waals surface area contributed by atoms with E-state index in [9.17, 15) is 9.59 Å². The number of nitrogens with zero attached hydrogens (tertiary/aromatic N) is 2. The lowest BCUT2D eigenvalue weighted by molar-refractivity contribution is -0.139. The Morgan fingerprint density at radius 3 is 2.39 bits per heavy atom. The molecule has 0 fully saturated rings. The van der Waals surface area contributed by atoms with Gasteiger partial charge in [-0.25, -0.2) is 9.79 Å². The number of aromatic nitrogens is 1. The van der Waals surface area contributed by atoms with Gasteiger partial charge in [-0.1, -0.05) is 52.7 Å². The maximum absolute atomic E-state index is 14.1. The Labute approximate surface area is 288 Å². The second-order valence-corrected chi connectivity index (χ2v) is 12.8. The van der Waals surface area contributed by atoms with E-state index in [0.717, 1.165) is 11.1 Å². The molecule has 0 bridgehead atoms. The van der Waals surface area contributed by atoms with E-state index in [4.69, 9.17) is 42.1 Å². The van der Waals surface area contributed by atoms with Crippen LogP contribution in [0.25, 0.3) is 6.08 Å². The summed E-state index contributed by atoms with van der Waals surface area (Å²) in [5.74, 6) is 1.18. The Balaban J connectivity index is 1.55. The fourth-order valence-corrected chi connectivity index (χ4v) is 7.03. The molecule has 0 spiro atoms. The highest BCUT2D eigenvalue weighted by atomic mass is 79.9. The second-order valence-electron chi connectivity index (χ2n) is 10.1. The van der Waals surface area contributed by atoms with Crippen LogP contribution in [0.4, 0.5) is 0 Å². The summed E-state index contributed by atoms with van der Waals surface area (Å²) < 4.78 is 25.7. The topological polar surface area (TPSA) is 88.4 Å². The van der Waals surface area contributed by atoms with Gasteiger partial charge in [-0.3, -0.25) is 9.36 Å². The highest BCUT2D eigenvalue weighted by molar-refractivity contribution is 9.10. The SMILES string of the molecule is CCOC(=O)C1=C(C)N=c2s/c(=C\c3ccc(OCc4ccc(Cl)cc4Cl)c(Br)c3)c(=O)n2[C@H]1c1ccc(OCC)c(OCC)c1. The van der Waals surface area contributed by atoms with E-state index in [1.165, 1.54) is 11.3 Å². The maximum atomic E-state index is 14.1. The smallest absolute Gasteiger partial charge is 0.338 e. The minimum atomic E-state index is -0.783. The Kier molecular flexibility index (Phi) is 10.9. The maximum Gasteiger partial charge on any atom is 0.338 e. The van der Waals surface area contributed by atoms with E-state index in [-0.39, 0.29) is 24.3 Å². The zero-order valence-corrected chi connectivity index (χ0v) is 29.5. The number of hydrogen-bond acceptors (Lipinski definition) is 8. The molecule has 4 aromatic rings. The molecule has 5 rings (SSSR count). The first-order valence-corrected chi connectivity index (χ1v) is 17.0. The molecule has 1 aliphatic rings. The average Bonchev–Trinajstić information content (AvgIpc) is 3.31. The number of hydrogen-bond donors (Lipinski definition) is 0. The molecule has 0 N–H and O–H groups in total. The van der Waals surface area contributed by atoms with E-state index in [0.29, 0.717) is 65.6 Å². The minimum Gasteiger partial charge on any atom is -0.490 e. The van der Waals surface area contributed by atoms with Crippen molar-refractivity contribution >= 4 is 62.5 Å². The molecule has 0 unspecified atom stereocenters. The van der Waals surface area contributed by atoms with Crippen molar-refractivity contribution in [2.75, 3.05) is 19.8 Å². The first-order valence-electron chi connectivity index (χ1n) is 14.6. The van der Waals surface area contributed by atoms with Crippen LogP contribution in [0.3, 0.4) is 0 Å². The van der Waals surface area contributed by atoms with Gasteiger partial charge in [0.1, 0.15) is 12.4 Å². The van der Waals surface area contributed by atoms with E-state index in [1.807, 2.05) is 44.2 Å². The van der Waals surface area contributed by atoms with Crippen LogP contribution in [0.2, 0.25) is 10.0 Å². The van der Waals surface area contributed by atoms with Gasteiger partial charge in [0.2, 0.25) is 0 Å². The number of rotatable bonds is 11. The Morgan fingerprint density at radius 1 is 0.957 bits per heavy atom. The van der Waals surface area contributed by atoms with E-state index < -0.39 is 12.0 Å². The average molecular weight is 747 g/mol. The van der Waals surface area contributed by atoms with Crippen LogP contribution in [-0.2, 0) is 16.1 Å². The first-order chi connectivity index (χ1) is 22.1. The molecule has 1 atom stereocenters. The van der Waals surface area contributed by atoms with Gasteiger partial charge in [-0.2, -0.15) is 0 Å². The van der Waals surface area contributed by atoms with Crippen molar-refractivity contribution in [1.82, 2.24) is 4.57 Å². The standard InChI is InChI=1S/C34H31BrCl2N2O6S/c1-5-42-27-13-10-21(16-28(27)43-6-2)31-30(33(41)44-7-3)19(4)38-34-39(31)32(40)29(46-34)15-20-8-12-26(24(35)14-20)45-18-22-9-11-23(36)17-25(22)37/h8-17,31H,5-7,18H2,1-4H3/b29-15-/t31-/m0/s1.